The van der Waals surface area contributed by atoms with Crippen LogP contribution in [0.4, 0.5) is 0 Å². The minimum absolute atomic E-state index is 0.535. The van der Waals surface area contributed by atoms with E-state index in [0.717, 1.165) is 24.7 Å². The zero-order valence-electron chi connectivity index (χ0n) is 12.8. The van der Waals surface area contributed by atoms with Crippen molar-refractivity contribution >= 4 is 0 Å². The summed E-state index contributed by atoms with van der Waals surface area (Å²) < 4.78 is 5.26. The third-order valence-electron chi connectivity index (χ3n) is 3.21. The number of aromatic nitrogens is 2. The third-order valence-corrected chi connectivity index (χ3v) is 3.21. The maximum Gasteiger partial charge on any atom is 0.226 e. The largest absolute Gasteiger partial charge is 0.339 e. The fourth-order valence-electron chi connectivity index (χ4n) is 2.16. The molecular weight excluding hydrogens is 250 g/mol. The molecule has 4 nitrogen and oxygen atoms in total. The lowest BCUT2D eigenvalue weighted by Crippen LogP contribution is -2.18. The highest BCUT2D eigenvalue weighted by Crippen LogP contribution is 2.11. The van der Waals surface area contributed by atoms with Gasteiger partial charge in [-0.2, -0.15) is 4.98 Å². The maximum atomic E-state index is 5.26. The predicted octanol–water partition coefficient (Wildman–Crippen LogP) is 3.21. The van der Waals surface area contributed by atoms with Crippen LogP contribution in [0.2, 0.25) is 0 Å². The molecule has 0 aliphatic heterocycles. The van der Waals surface area contributed by atoms with E-state index in [4.69, 9.17) is 4.52 Å². The molecule has 0 aliphatic rings. The second-order valence-corrected chi connectivity index (χ2v) is 5.80. The average Bonchev–Trinajstić information content (AvgIpc) is 2.78. The summed E-state index contributed by atoms with van der Waals surface area (Å²) in [5.74, 6) is 2.03. The van der Waals surface area contributed by atoms with Gasteiger partial charge in [0, 0.05) is 13.0 Å². The van der Waals surface area contributed by atoms with Crippen molar-refractivity contribution in [2.75, 3.05) is 7.05 Å². The van der Waals surface area contributed by atoms with Gasteiger partial charge in [-0.25, -0.2) is 0 Å². The summed E-state index contributed by atoms with van der Waals surface area (Å²) in [4.78, 5) is 6.64. The van der Waals surface area contributed by atoms with E-state index < -0.39 is 0 Å². The SMILES string of the molecule is Cc1ccccc1CN(C)Cc1noc(CC(C)C)n1. The molecule has 0 radical (unpaired) electrons. The molecule has 4 heteroatoms. The Kier molecular flexibility index (Phi) is 4.90. The lowest BCUT2D eigenvalue weighted by Gasteiger charge is -2.15. The highest BCUT2D eigenvalue weighted by Gasteiger charge is 2.11. The molecule has 0 saturated heterocycles. The second kappa shape index (κ2) is 6.66. The van der Waals surface area contributed by atoms with Crippen LogP contribution in [0.25, 0.3) is 0 Å². The van der Waals surface area contributed by atoms with Crippen LogP contribution in [0.5, 0.6) is 0 Å². The Morgan fingerprint density at radius 2 is 1.95 bits per heavy atom. The van der Waals surface area contributed by atoms with Gasteiger partial charge in [-0.05, 0) is 31.0 Å². The molecule has 0 aliphatic carbocycles. The number of nitrogens with zero attached hydrogens (tertiary/aromatic N) is 3. The molecule has 2 aromatic rings. The number of aryl methyl sites for hydroxylation is 1. The van der Waals surface area contributed by atoms with Crippen LogP contribution in [-0.4, -0.2) is 22.1 Å². The number of hydrogen-bond acceptors (Lipinski definition) is 4. The van der Waals surface area contributed by atoms with Crippen molar-refractivity contribution in [2.24, 2.45) is 5.92 Å². The fourth-order valence-corrected chi connectivity index (χ4v) is 2.16. The zero-order valence-corrected chi connectivity index (χ0v) is 12.8. The molecule has 0 saturated carbocycles. The summed E-state index contributed by atoms with van der Waals surface area (Å²) in [6.45, 7) is 8.03. The smallest absolute Gasteiger partial charge is 0.226 e. The van der Waals surface area contributed by atoms with Gasteiger partial charge in [-0.3, -0.25) is 4.90 Å². The van der Waals surface area contributed by atoms with Crippen molar-refractivity contribution in [1.82, 2.24) is 15.0 Å². The van der Waals surface area contributed by atoms with E-state index in [-0.39, 0.29) is 0 Å². The quantitative estimate of drug-likeness (QED) is 0.810. The van der Waals surface area contributed by atoms with Crippen molar-refractivity contribution in [3.8, 4) is 0 Å². The monoisotopic (exact) mass is 273 g/mol. The Morgan fingerprint density at radius 3 is 2.65 bits per heavy atom. The van der Waals surface area contributed by atoms with Crippen LogP contribution in [0.15, 0.2) is 28.8 Å². The van der Waals surface area contributed by atoms with Gasteiger partial charge in [-0.1, -0.05) is 43.3 Å². The molecule has 20 heavy (non-hydrogen) atoms. The van der Waals surface area contributed by atoms with Crippen molar-refractivity contribution in [1.29, 1.82) is 0 Å². The molecule has 0 atom stereocenters. The van der Waals surface area contributed by atoms with Gasteiger partial charge in [0.2, 0.25) is 5.89 Å². The standard InChI is InChI=1S/C16H23N3O/c1-12(2)9-16-17-15(18-20-16)11-19(4)10-14-8-6-5-7-13(14)3/h5-8,12H,9-11H2,1-4H3. The van der Waals surface area contributed by atoms with E-state index in [1.54, 1.807) is 0 Å². The lowest BCUT2D eigenvalue weighted by atomic mass is 10.1. The molecule has 1 aromatic carbocycles. The Bertz CT molecular complexity index is 548. The van der Waals surface area contributed by atoms with Crippen LogP contribution < -0.4 is 0 Å². The summed E-state index contributed by atoms with van der Waals surface area (Å²) in [6, 6.07) is 8.44. The molecule has 0 bridgehead atoms. The first-order valence-corrected chi connectivity index (χ1v) is 7.09. The summed E-state index contributed by atoms with van der Waals surface area (Å²) in [6.07, 6.45) is 0.842. The van der Waals surface area contributed by atoms with Crippen molar-refractivity contribution in [3.63, 3.8) is 0 Å². The Balaban J connectivity index is 1.93. The van der Waals surface area contributed by atoms with E-state index in [1.165, 1.54) is 11.1 Å². The summed E-state index contributed by atoms with van der Waals surface area (Å²) in [5.41, 5.74) is 2.65. The van der Waals surface area contributed by atoms with Gasteiger partial charge >= 0.3 is 0 Å². The Morgan fingerprint density at radius 1 is 1.20 bits per heavy atom. The molecule has 0 unspecified atom stereocenters. The minimum Gasteiger partial charge on any atom is -0.339 e. The van der Waals surface area contributed by atoms with E-state index in [1.807, 2.05) is 0 Å². The first-order chi connectivity index (χ1) is 9.54. The van der Waals surface area contributed by atoms with Crippen molar-refractivity contribution in [2.45, 2.75) is 40.3 Å². The highest BCUT2D eigenvalue weighted by molar-refractivity contribution is 5.25. The predicted molar refractivity (Wildman–Crippen MR) is 79.2 cm³/mol. The van der Waals surface area contributed by atoms with Crippen LogP contribution in [0.3, 0.4) is 0 Å². The van der Waals surface area contributed by atoms with Crippen LogP contribution in [0.1, 0.15) is 36.7 Å². The van der Waals surface area contributed by atoms with Crippen LogP contribution in [-0.2, 0) is 19.5 Å². The number of hydrogen-bond donors (Lipinski definition) is 0. The lowest BCUT2D eigenvalue weighted by molar-refractivity contribution is 0.298. The number of rotatable bonds is 6. The van der Waals surface area contributed by atoms with E-state index in [2.05, 4.69) is 67.1 Å². The van der Waals surface area contributed by atoms with Crippen molar-refractivity contribution in [3.05, 3.63) is 47.1 Å². The first-order valence-electron chi connectivity index (χ1n) is 7.09. The van der Waals surface area contributed by atoms with Crippen LogP contribution >= 0.6 is 0 Å². The molecule has 0 fully saturated rings. The molecule has 108 valence electrons. The van der Waals surface area contributed by atoms with Gasteiger partial charge in [0.25, 0.3) is 0 Å². The molecular formula is C16H23N3O. The van der Waals surface area contributed by atoms with Crippen LogP contribution in [0, 0.1) is 12.8 Å². The van der Waals surface area contributed by atoms with Gasteiger partial charge in [0.1, 0.15) is 0 Å². The Labute approximate surface area is 120 Å². The fraction of sp³-hybridized carbons (Fsp3) is 0.500. The summed E-state index contributed by atoms with van der Waals surface area (Å²) >= 11 is 0. The zero-order chi connectivity index (χ0) is 14.5. The van der Waals surface area contributed by atoms with Gasteiger partial charge in [-0.15, -0.1) is 0 Å². The minimum atomic E-state index is 0.535. The number of benzene rings is 1. The average molecular weight is 273 g/mol. The Hall–Kier alpha value is -1.68. The topological polar surface area (TPSA) is 42.2 Å². The highest BCUT2D eigenvalue weighted by atomic mass is 16.5. The molecule has 1 heterocycles. The maximum absolute atomic E-state index is 5.26. The van der Waals surface area contributed by atoms with Gasteiger partial charge in [0.15, 0.2) is 5.82 Å². The molecule has 2 rings (SSSR count). The van der Waals surface area contributed by atoms with Crippen molar-refractivity contribution < 1.29 is 4.52 Å². The summed E-state index contributed by atoms with van der Waals surface area (Å²) in [7, 11) is 2.07. The first kappa shape index (κ1) is 14.7. The molecule has 0 amide bonds. The van der Waals surface area contributed by atoms with E-state index in [9.17, 15) is 0 Å². The van der Waals surface area contributed by atoms with Gasteiger partial charge in [0.05, 0.1) is 6.54 Å². The molecule has 0 spiro atoms. The molecule has 1 aromatic heterocycles. The third kappa shape index (κ3) is 4.17. The van der Waals surface area contributed by atoms with E-state index in [0.29, 0.717) is 12.5 Å². The second-order valence-electron chi connectivity index (χ2n) is 5.80. The normalized spacial score (nSPS) is 11.5. The molecule has 0 N–H and O–H groups in total. The van der Waals surface area contributed by atoms with E-state index >= 15 is 0 Å². The van der Waals surface area contributed by atoms with Gasteiger partial charge < -0.3 is 4.52 Å². The summed E-state index contributed by atoms with van der Waals surface area (Å²) in [5, 5.41) is 4.05.